The van der Waals surface area contributed by atoms with E-state index in [1.807, 2.05) is 13.8 Å². The Hall–Kier alpha value is -0.0300. The van der Waals surface area contributed by atoms with Gasteiger partial charge in [0.15, 0.2) is 0 Å². The number of cyclic esters (lactones) is 1. The van der Waals surface area contributed by atoms with Crippen molar-refractivity contribution in [3.63, 3.8) is 0 Å². The molecule has 0 radical (unpaired) electrons. The predicted molar refractivity (Wildman–Crippen MR) is 73.5 cm³/mol. The Morgan fingerprint density at radius 2 is 2.12 bits per heavy atom. The Bertz CT molecular complexity index is 306. The lowest BCUT2D eigenvalue weighted by Crippen LogP contribution is -2.43. The van der Waals surface area contributed by atoms with Gasteiger partial charge in [-0.15, -0.1) is 11.8 Å². The van der Waals surface area contributed by atoms with Gasteiger partial charge in [-0.1, -0.05) is 20.8 Å². The average molecular weight is 278 g/mol. The first kappa shape index (κ1) is 15.0. The third-order valence-corrected chi connectivity index (χ3v) is 7.53. The number of rotatable bonds is 6. The summed E-state index contributed by atoms with van der Waals surface area (Å²) in [4.78, 5) is 11.4. The zero-order valence-corrected chi connectivity index (χ0v) is 12.7. The van der Waals surface area contributed by atoms with Gasteiger partial charge in [0.25, 0.3) is 0 Å². The first-order valence-electron chi connectivity index (χ1n) is 6.23. The molecule has 1 rings (SSSR count). The summed E-state index contributed by atoms with van der Waals surface area (Å²) in [6, 6.07) is 0. The molecule has 5 heteroatoms. The smallest absolute Gasteiger partial charge is 0.306 e. The molecule has 0 aromatic heterocycles. The van der Waals surface area contributed by atoms with Gasteiger partial charge < -0.3 is 4.74 Å². The second-order valence-corrected chi connectivity index (χ2v) is 8.09. The summed E-state index contributed by atoms with van der Waals surface area (Å²) in [7, 11) is -0.918. The van der Waals surface area contributed by atoms with Crippen LogP contribution in [-0.4, -0.2) is 31.9 Å². The molecule has 4 unspecified atom stereocenters. The highest BCUT2D eigenvalue weighted by molar-refractivity contribution is 8.12. The molecule has 1 fully saturated rings. The van der Waals surface area contributed by atoms with E-state index in [2.05, 4.69) is 13.8 Å². The van der Waals surface area contributed by atoms with Crippen molar-refractivity contribution in [2.24, 2.45) is 5.92 Å². The minimum Gasteiger partial charge on any atom is -0.462 e. The number of carbonyl (C=O) groups is 1. The molecule has 0 saturated carbocycles. The molecule has 3 nitrogen and oxygen atoms in total. The van der Waals surface area contributed by atoms with Gasteiger partial charge in [0.2, 0.25) is 0 Å². The van der Waals surface area contributed by atoms with E-state index in [0.717, 1.165) is 12.2 Å². The molecule has 0 aliphatic carbocycles. The van der Waals surface area contributed by atoms with Gasteiger partial charge in [-0.05, 0) is 19.1 Å². The van der Waals surface area contributed by atoms with Crippen LogP contribution >= 0.6 is 11.8 Å². The molecule has 100 valence electrons. The zero-order chi connectivity index (χ0) is 13.1. The SMILES string of the molecule is CCSC(CC)(C1CC(=O)OC1C)S(=O)CC. The van der Waals surface area contributed by atoms with E-state index in [-0.39, 0.29) is 22.1 Å². The summed E-state index contributed by atoms with van der Waals surface area (Å²) in [5.74, 6) is 1.48. The summed E-state index contributed by atoms with van der Waals surface area (Å²) in [5, 5.41) is 0. The topological polar surface area (TPSA) is 43.4 Å². The fourth-order valence-corrected chi connectivity index (χ4v) is 6.39. The van der Waals surface area contributed by atoms with Crippen molar-refractivity contribution in [3.8, 4) is 0 Å². The molecule has 0 aromatic rings. The van der Waals surface area contributed by atoms with Gasteiger partial charge in [-0.2, -0.15) is 0 Å². The number of esters is 1. The first-order valence-corrected chi connectivity index (χ1v) is 8.54. The lowest BCUT2D eigenvalue weighted by molar-refractivity contribution is -0.140. The molecule has 1 saturated heterocycles. The number of thioether (sulfide) groups is 1. The summed E-state index contributed by atoms with van der Waals surface area (Å²) in [6.45, 7) is 8.00. The average Bonchev–Trinajstić information content (AvgIpc) is 2.65. The molecule has 0 spiro atoms. The van der Waals surface area contributed by atoms with Crippen molar-refractivity contribution in [1.29, 1.82) is 0 Å². The van der Waals surface area contributed by atoms with E-state index < -0.39 is 10.8 Å². The van der Waals surface area contributed by atoms with Crippen molar-refractivity contribution in [3.05, 3.63) is 0 Å². The maximum Gasteiger partial charge on any atom is 0.306 e. The molecule has 17 heavy (non-hydrogen) atoms. The van der Waals surface area contributed by atoms with Crippen LogP contribution in [0.1, 0.15) is 40.5 Å². The lowest BCUT2D eigenvalue weighted by Gasteiger charge is -2.37. The molecule has 1 aliphatic rings. The summed E-state index contributed by atoms with van der Waals surface area (Å²) >= 11 is 1.73. The standard InChI is InChI=1S/C12H22O3S2/c1-5-12(16-6-2,17(14)7-3)10-8-11(13)15-9(10)4/h9-10H,5-8H2,1-4H3. The molecule has 0 N–H and O–H groups in total. The Kier molecular flexibility index (Phi) is 5.51. The number of hydrogen-bond acceptors (Lipinski definition) is 4. The minimum absolute atomic E-state index is 0.0748. The van der Waals surface area contributed by atoms with Crippen molar-refractivity contribution in [2.75, 3.05) is 11.5 Å². The molecule has 0 bridgehead atoms. The van der Waals surface area contributed by atoms with Crippen LogP contribution in [0.25, 0.3) is 0 Å². The lowest BCUT2D eigenvalue weighted by atomic mass is 9.96. The Balaban J connectivity index is 3.03. The molecule has 0 amide bonds. The third-order valence-electron chi connectivity index (χ3n) is 3.36. The second kappa shape index (κ2) is 6.23. The van der Waals surface area contributed by atoms with Crippen LogP contribution in [0.2, 0.25) is 0 Å². The van der Waals surface area contributed by atoms with Crippen LogP contribution in [0.15, 0.2) is 0 Å². The van der Waals surface area contributed by atoms with E-state index in [0.29, 0.717) is 12.2 Å². The minimum atomic E-state index is -0.918. The molecule has 0 aromatic carbocycles. The van der Waals surface area contributed by atoms with Gasteiger partial charge in [-0.3, -0.25) is 9.00 Å². The molecule has 1 heterocycles. The van der Waals surface area contributed by atoms with Crippen LogP contribution < -0.4 is 0 Å². The maximum atomic E-state index is 12.4. The fraction of sp³-hybridized carbons (Fsp3) is 0.917. The van der Waals surface area contributed by atoms with Crippen LogP contribution in [-0.2, 0) is 20.3 Å². The van der Waals surface area contributed by atoms with Gasteiger partial charge in [0.05, 0.1) is 10.5 Å². The molecular weight excluding hydrogens is 256 g/mol. The largest absolute Gasteiger partial charge is 0.462 e. The van der Waals surface area contributed by atoms with Crippen molar-refractivity contribution in [2.45, 2.75) is 50.7 Å². The van der Waals surface area contributed by atoms with Crippen LogP contribution in [0, 0.1) is 5.92 Å². The number of hydrogen-bond donors (Lipinski definition) is 0. The fourth-order valence-electron chi connectivity index (χ4n) is 2.55. The van der Waals surface area contributed by atoms with E-state index in [1.54, 1.807) is 11.8 Å². The van der Waals surface area contributed by atoms with Gasteiger partial charge in [-0.25, -0.2) is 0 Å². The Labute approximate surface area is 111 Å². The quantitative estimate of drug-likeness (QED) is 0.700. The monoisotopic (exact) mass is 278 g/mol. The van der Waals surface area contributed by atoms with Crippen LogP contribution in [0.4, 0.5) is 0 Å². The molecule has 1 aliphatic heterocycles. The molecule has 4 atom stereocenters. The van der Waals surface area contributed by atoms with Crippen LogP contribution in [0.5, 0.6) is 0 Å². The second-order valence-electron chi connectivity index (χ2n) is 4.24. The van der Waals surface area contributed by atoms with E-state index in [4.69, 9.17) is 4.74 Å². The first-order chi connectivity index (χ1) is 8.01. The van der Waals surface area contributed by atoms with Gasteiger partial charge in [0.1, 0.15) is 6.10 Å². The van der Waals surface area contributed by atoms with Gasteiger partial charge >= 0.3 is 5.97 Å². The van der Waals surface area contributed by atoms with Gasteiger partial charge in [0, 0.05) is 22.5 Å². The zero-order valence-electron chi connectivity index (χ0n) is 11.0. The highest BCUT2D eigenvalue weighted by atomic mass is 32.2. The Morgan fingerprint density at radius 1 is 1.47 bits per heavy atom. The third kappa shape index (κ3) is 2.87. The Morgan fingerprint density at radius 3 is 2.47 bits per heavy atom. The van der Waals surface area contributed by atoms with E-state index >= 15 is 0 Å². The summed E-state index contributed by atoms with van der Waals surface area (Å²) < 4.78 is 17.3. The normalized spacial score (nSPS) is 29.8. The van der Waals surface area contributed by atoms with Crippen molar-refractivity contribution in [1.82, 2.24) is 0 Å². The van der Waals surface area contributed by atoms with Crippen LogP contribution in [0.3, 0.4) is 0 Å². The summed E-state index contributed by atoms with van der Waals surface area (Å²) in [5.41, 5.74) is 0. The molecular formula is C12H22O3S2. The van der Waals surface area contributed by atoms with E-state index in [9.17, 15) is 9.00 Å². The van der Waals surface area contributed by atoms with Crippen molar-refractivity contribution < 1.29 is 13.7 Å². The highest BCUT2D eigenvalue weighted by Crippen LogP contribution is 2.46. The van der Waals surface area contributed by atoms with Crippen molar-refractivity contribution >= 4 is 28.5 Å². The highest BCUT2D eigenvalue weighted by Gasteiger charge is 2.50. The van der Waals surface area contributed by atoms with E-state index in [1.165, 1.54) is 0 Å². The summed E-state index contributed by atoms with van der Waals surface area (Å²) in [6.07, 6.45) is 1.11. The number of carbonyl (C=O) groups excluding carboxylic acids is 1. The number of ether oxygens (including phenoxy) is 1. The predicted octanol–water partition coefficient (Wildman–Crippen LogP) is 2.57. The maximum absolute atomic E-state index is 12.4.